The van der Waals surface area contributed by atoms with Crippen molar-refractivity contribution in [1.82, 2.24) is 14.5 Å². The zero-order valence-electron chi connectivity index (χ0n) is 17.0. The molecule has 1 saturated heterocycles. The summed E-state index contributed by atoms with van der Waals surface area (Å²) in [6.45, 7) is 3.39. The largest absolute Gasteiger partial charge is 0.480 e. The molecule has 2 N–H and O–H groups in total. The lowest BCUT2D eigenvalue weighted by molar-refractivity contribution is -0.166. The first kappa shape index (κ1) is 22.8. The first-order valence-corrected chi connectivity index (χ1v) is 10.2. The van der Waals surface area contributed by atoms with Crippen LogP contribution in [0.4, 0.5) is 5.95 Å². The van der Waals surface area contributed by atoms with Crippen molar-refractivity contribution in [2.75, 3.05) is 19.5 Å². The van der Waals surface area contributed by atoms with Gasteiger partial charge in [-0.25, -0.2) is 0 Å². The summed E-state index contributed by atoms with van der Waals surface area (Å²) >= 11 is 6.62. The number of aromatic nitrogens is 3. The molecule has 0 spiro atoms. The van der Waals surface area contributed by atoms with Gasteiger partial charge in [0.1, 0.15) is 17.4 Å². The van der Waals surface area contributed by atoms with Gasteiger partial charge in [-0.2, -0.15) is 9.97 Å². The van der Waals surface area contributed by atoms with E-state index in [0.717, 1.165) is 11.3 Å². The fourth-order valence-corrected chi connectivity index (χ4v) is 4.53. The van der Waals surface area contributed by atoms with Gasteiger partial charge in [0, 0.05) is 20.8 Å². The van der Waals surface area contributed by atoms with Crippen molar-refractivity contribution in [1.29, 1.82) is 0 Å². The van der Waals surface area contributed by atoms with Crippen LogP contribution < -0.4 is 10.5 Å². The second kappa shape index (κ2) is 9.11. The summed E-state index contributed by atoms with van der Waals surface area (Å²) < 4.78 is 29.4. The molecule has 14 heteroatoms. The van der Waals surface area contributed by atoms with Crippen molar-refractivity contribution in [2.24, 2.45) is 0 Å². The average Bonchev–Trinajstić information content (AvgIpc) is 3.15. The SMILES string of the molecule is COc1nc(N)nc2c1sc(=S)n2[C@@H]1O[C@H](COC(C)=O)[C@H](OC(C)=O)[C@H]1OC(C)=O. The fourth-order valence-electron chi connectivity index (χ4n) is 3.17. The Morgan fingerprint density at radius 3 is 2.35 bits per heavy atom. The third kappa shape index (κ3) is 4.75. The molecule has 3 rings (SSSR count). The Labute approximate surface area is 185 Å². The van der Waals surface area contributed by atoms with Crippen LogP contribution in [0.1, 0.15) is 27.0 Å². The second-order valence-corrected chi connectivity index (χ2v) is 8.14. The Hall–Kier alpha value is -2.84. The molecular formula is C17H20N4O8S2. The van der Waals surface area contributed by atoms with Gasteiger partial charge in [-0.05, 0) is 12.2 Å². The van der Waals surface area contributed by atoms with E-state index in [1.54, 1.807) is 0 Å². The van der Waals surface area contributed by atoms with Crippen molar-refractivity contribution >= 4 is 57.8 Å². The molecule has 2 aromatic rings. The van der Waals surface area contributed by atoms with Gasteiger partial charge in [0.05, 0.1) is 7.11 Å². The number of rotatable bonds is 6. The number of fused-ring (bicyclic) bond motifs is 1. The lowest BCUT2D eigenvalue weighted by atomic mass is 10.1. The molecular weight excluding hydrogens is 452 g/mol. The van der Waals surface area contributed by atoms with Crippen LogP contribution in [0.3, 0.4) is 0 Å². The van der Waals surface area contributed by atoms with E-state index < -0.39 is 42.4 Å². The Balaban J connectivity index is 2.13. The maximum Gasteiger partial charge on any atom is 0.303 e. The molecule has 1 fully saturated rings. The van der Waals surface area contributed by atoms with Gasteiger partial charge in [-0.15, -0.1) is 0 Å². The Morgan fingerprint density at radius 1 is 1.13 bits per heavy atom. The summed E-state index contributed by atoms with van der Waals surface area (Å²) in [6, 6.07) is 0. The topological polar surface area (TPSA) is 154 Å². The predicted molar refractivity (Wildman–Crippen MR) is 109 cm³/mol. The van der Waals surface area contributed by atoms with Crippen LogP contribution in [0, 0.1) is 3.95 Å². The number of hydrogen-bond donors (Lipinski definition) is 1. The van der Waals surface area contributed by atoms with E-state index in [1.165, 1.54) is 32.4 Å². The van der Waals surface area contributed by atoms with E-state index in [1.807, 2.05) is 0 Å². The first-order chi connectivity index (χ1) is 14.6. The lowest BCUT2D eigenvalue weighted by Crippen LogP contribution is -2.40. The van der Waals surface area contributed by atoms with Crippen molar-refractivity contribution in [3.63, 3.8) is 0 Å². The molecule has 0 unspecified atom stereocenters. The average molecular weight is 473 g/mol. The smallest absolute Gasteiger partial charge is 0.303 e. The molecule has 168 valence electrons. The van der Waals surface area contributed by atoms with Gasteiger partial charge >= 0.3 is 17.9 Å². The summed E-state index contributed by atoms with van der Waals surface area (Å²) in [5, 5.41) is 0. The number of nitrogens with two attached hydrogens (primary N) is 1. The van der Waals surface area contributed by atoms with Gasteiger partial charge in [0.15, 0.2) is 28.0 Å². The van der Waals surface area contributed by atoms with Crippen LogP contribution in [0.25, 0.3) is 10.3 Å². The second-order valence-electron chi connectivity index (χ2n) is 6.50. The highest BCUT2D eigenvalue weighted by Crippen LogP contribution is 2.39. The molecule has 2 aromatic heterocycles. The van der Waals surface area contributed by atoms with E-state index >= 15 is 0 Å². The van der Waals surface area contributed by atoms with Crippen LogP contribution in [0.2, 0.25) is 0 Å². The summed E-state index contributed by atoms with van der Waals surface area (Å²) in [6.07, 6.45) is -4.15. The fraction of sp³-hybridized carbons (Fsp3) is 0.529. The Bertz CT molecular complexity index is 1080. The third-order valence-corrected chi connectivity index (χ3v) is 5.62. The monoisotopic (exact) mass is 472 g/mol. The maximum atomic E-state index is 11.8. The van der Waals surface area contributed by atoms with Gasteiger partial charge in [0.25, 0.3) is 0 Å². The predicted octanol–water partition coefficient (Wildman–Crippen LogP) is 1.14. The molecule has 1 aliphatic heterocycles. The normalized spacial score (nSPS) is 22.8. The summed E-state index contributed by atoms with van der Waals surface area (Å²) in [4.78, 5) is 43.1. The molecule has 0 aliphatic carbocycles. The van der Waals surface area contributed by atoms with Crippen LogP contribution in [0.15, 0.2) is 0 Å². The quantitative estimate of drug-likeness (QED) is 0.364. The van der Waals surface area contributed by atoms with E-state index in [0.29, 0.717) is 8.65 Å². The Kier molecular flexibility index (Phi) is 6.71. The molecule has 0 bridgehead atoms. The lowest BCUT2D eigenvalue weighted by Gasteiger charge is -2.23. The number of carbonyl (C=O) groups is 3. The highest BCUT2D eigenvalue weighted by atomic mass is 32.1. The van der Waals surface area contributed by atoms with Crippen molar-refractivity contribution in [2.45, 2.75) is 45.3 Å². The zero-order chi connectivity index (χ0) is 22.9. The minimum atomic E-state index is -1.10. The molecule has 4 atom stereocenters. The summed E-state index contributed by atoms with van der Waals surface area (Å²) in [7, 11) is 1.42. The maximum absolute atomic E-state index is 11.8. The summed E-state index contributed by atoms with van der Waals surface area (Å²) in [5.41, 5.74) is 6.08. The number of carbonyl (C=O) groups excluding carboxylic acids is 3. The van der Waals surface area contributed by atoms with Gasteiger partial charge < -0.3 is 29.4 Å². The number of thiazole rings is 1. The minimum absolute atomic E-state index is 0.0686. The highest BCUT2D eigenvalue weighted by Gasteiger charge is 2.51. The van der Waals surface area contributed by atoms with Crippen LogP contribution >= 0.6 is 23.6 Å². The number of ether oxygens (including phenoxy) is 5. The highest BCUT2D eigenvalue weighted by molar-refractivity contribution is 7.73. The number of hydrogen-bond acceptors (Lipinski definition) is 13. The first-order valence-electron chi connectivity index (χ1n) is 8.98. The molecule has 3 heterocycles. The molecule has 0 radical (unpaired) electrons. The number of nitrogen functional groups attached to an aromatic ring is 1. The van der Waals surface area contributed by atoms with Crippen molar-refractivity contribution in [3.05, 3.63) is 3.95 Å². The van der Waals surface area contributed by atoms with E-state index in [2.05, 4.69) is 9.97 Å². The van der Waals surface area contributed by atoms with E-state index in [-0.39, 0.29) is 24.1 Å². The van der Waals surface area contributed by atoms with Crippen LogP contribution in [0.5, 0.6) is 5.88 Å². The van der Waals surface area contributed by atoms with Gasteiger partial charge in [-0.3, -0.25) is 19.0 Å². The number of nitrogens with zero attached hydrogens (tertiary/aromatic N) is 3. The number of anilines is 1. The number of methoxy groups -OCH3 is 1. The standard InChI is InChI=1S/C17H20N4O8S2/c1-6(22)26-5-9-10(27-7(2)23)11(28-8(3)24)15(29-9)21-13-12(31-17(21)30)14(25-4)20-16(18)19-13/h9-11,15H,5H2,1-4H3,(H2,18,19,20)/t9-,10+,11-,15-/m1/s1. The van der Waals surface area contributed by atoms with Gasteiger partial charge in [0.2, 0.25) is 11.8 Å². The molecule has 31 heavy (non-hydrogen) atoms. The van der Waals surface area contributed by atoms with Gasteiger partial charge in [-0.1, -0.05) is 11.3 Å². The molecule has 0 saturated carbocycles. The van der Waals surface area contributed by atoms with E-state index in [4.69, 9.17) is 41.6 Å². The Morgan fingerprint density at radius 2 is 1.77 bits per heavy atom. The molecule has 12 nitrogen and oxygen atoms in total. The van der Waals surface area contributed by atoms with Crippen LogP contribution in [-0.4, -0.2) is 64.5 Å². The minimum Gasteiger partial charge on any atom is -0.480 e. The molecule has 0 amide bonds. The van der Waals surface area contributed by atoms with Crippen LogP contribution in [-0.2, 0) is 33.3 Å². The van der Waals surface area contributed by atoms with Crippen molar-refractivity contribution in [3.8, 4) is 5.88 Å². The molecule has 0 aromatic carbocycles. The zero-order valence-corrected chi connectivity index (χ0v) is 18.7. The third-order valence-electron chi connectivity index (χ3n) is 4.24. The van der Waals surface area contributed by atoms with E-state index in [9.17, 15) is 14.4 Å². The van der Waals surface area contributed by atoms with Crippen molar-refractivity contribution < 1.29 is 38.1 Å². The number of esters is 3. The summed E-state index contributed by atoms with van der Waals surface area (Å²) in [5.74, 6) is -1.68. The molecule has 1 aliphatic rings.